The smallest absolute Gasteiger partial charge is 0.269 e. The third-order valence-corrected chi connectivity index (χ3v) is 4.36. The van der Waals surface area contributed by atoms with Gasteiger partial charge < -0.3 is 5.32 Å². The highest BCUT2D eigenvalue weighted by molar-refractivity contribution is 5.93. The fourth-order valence-corrected chi connectivity index (χ4v) is 2.92. The molecule has 2 heterocycles. The number of nitrogens with one attached hydrogen (secondary N) is 2. The molecule has 26 heavy (non-hydrogen) atoms. The largest absolute Gasteiger partial charge is 0.344 e. The summed E-state index contributed by atoms with van der Waals surface area (Å²) in [4.78, 5) is 12.4. The number of benzene rings is 1. The van der Waals surface area contributed by atoms with Crippen molar-refractivity contribution in [2.75, 3.05) is 0 Å². The topological polar surface area (TPSA) is 75.6 Å². The van der Waals surface area contributed by atoms with Gasteiger partial charge in [-0.3, -0.25) is 14.6 Å². The Morgan fingerprint density at radius 3 is 2.62 bits per heavy atom. The summed E-state index contributed by atoms with van der Waals surface area (Å²) in [6.45, 7) is 5.42. The average molecular weight is 359 g/mol. The van der Waals surface area contributed by atoms with Crippen molar-refractivity contribution in [3.8, 4) is 11.3 Å². The molecule has 0 saturated carbocycles. The van der Waals surface area contributed by atoms with Gasteiger partial charge in [0, 0.05) is 29.9 Å². The monoisotopic (exact) mass is 359 g/mol. The summed E-state index contributed by atoms with van der Waals surface area (Å²) in [6, 6.07) is 4.26. The van der Waals surface area contributed by atoms with E-state index in [1.165, 1.54) is 6.07 Å². The van der Waals surface area contributed by atoms with Gasteiger partial charge in [-0.15, -0.1) is 0 Å². The normalized spacial score (nSPS) is 12.2. The highest BCUT2D eigenvalue weighted by Gasteiger charge is 2.19. The molecule has 136 valence electrons. The number of halogens is 2. The van der Waals surface area contributed by atoms with Crippen LogP contribution in [0.2, 0.25) is 0 Å². The fourth-order valence-electron chi connectivity index (χ4n) is 2.92. The van der Waals surface area contributed by atoms with Gasteiger partial charge in [0.1, 0.15) is 17.3 Å². The minimum absolute atomic E-state index is 0.207. The average Bonchev–Trinajstić information content (AvgIpc) is 3.12. The lowest BCUT2D eigenvalue weighted by Gasteiger charge is -2.14. The lowest BCUT2D eigenvalue weighted by Crippen LogP contribution is -2.27. The number of amides is 1. The summed E-state index contributed by atoms with van der Waals surface area (Å²) in [7, 11) is 1.84. The number of aromatic nitrogens is 4. The highest BCUT2D eigenvalue weighted by Crippen LogP contribution is 2.25. The molecule has 0 aliphatic carbocycles. The van der Waals surface area contributed by atoms with Crippen molar-refractivity contribution in [2.24, 2.45) is 7.05 Å². The van der Waals surface area contributed by atoms with Gasteiger partial charge >= 0.3 is 0 Å². The molecule has 0 saturated heterocycles. The van der Waals surface area contributed by atoms with Crippen molar-refractivity contribution in [2.45, 2.75) is 26.8 Å². The Labute approximate surface area is 149 Å². The van der Waals surface area contributed by atoms with E-state index in [2.05, 4.69) is 20.6 Å². The van der Waals surface area contributed by atoms with Gasteiger partial charge in [-0.25, -0.2) is 8.78 Å². The number of H-pyrrole nitrogens is 1. The molecule has 3 rings (SSSR count). The van der Waals surface area contributed by atoms with Crippen LogP contribution >= 0.6 is 0 Å². The van der Waals surface area contributed by atoms with E-state index in [0.717, 1.165) is 29.1 Å². The Bertz CT molecular complexity index is 976. The zero-order chi connectivity index (χ0) is 19.0. The number of aromatic amines is 1. The van der Waals surface area contributed by atoms with Crippen LogP contribution < -0.4 is 5.32 Å². The zero-order valence-corrected chi connectivity index (χ0v) is 14.9. The predicted molar refractivity (Wildman–Crippen MR) is 92.5 cm³/mol. The van der Waals surface area contributed by atoms with Gasteiger partial charge in [-0.2, -0.15) is 10.2 Å². The van der Waals surface area contributed by atoms with Gasteiger partial charge in [-0.05, 0) is 32.9 Å². The molecule has 0 aliphatic rings. The highest BCUT2D eigenvalue weighted by atomic mass is 19.1. The van der Waals surface area contributed by atoms with Crippen LogP contribution in [0.4, 0.5) is 8.78 Å². The molecular weight excluding hydrogens is 340 g/mol. The number of hydrogen-bond donors (Lipinski definition) is 2. The van der Waals surface area contributed by atoms with Crippen molar-refractivity contribution >= 4 is 5.91 Å². The van der Waals surface area contributed by atoms with Crippen LogP contribution in [0, 0.1) is 25.5 Å². The maximum Gasteiger partial charge on any atom is 0.269 e. The molecule has 2 N–H and O–H groups in total. The number of carbonyl (C=O) groups excluding carboxylic acids is 1. The van der Waals surface area contributed by atoms with E-state index >= 15 is 0 Å². The molecule has 0 aliphatic heterocycles. The molecule has 3 aromatic rings. The summed E-state index contributed by atoms with van der Waals surface area (Å²) < 4.78 is 28.6. The van der Waals surface area contributed by atoms with Crippen LogP contribution in [0.15, 0.2) is 24.3 Å². The summed E-state index contributed by atoms with van der Waals surface area (Å²) in [5, 5.41) is 13.9. The molecule has 1 amide bonds. The summed E-state index contributed by atoms with van der Waals surface area (Å²) in [5.41, 5.74) is 3.67. The van der Waals surface area contributed by atoms with Crippen molar-refractivity contribution in [1.29, 1.82) is 0 Å². The lowest BCUT2D eigenvalue weighted by molar-refractivity contribution is 0.0934. The molecule has 0 spiro atoms. The van der Waals surface area contributed by atoms with E-state index < -0.39 is 23.6 Å². The second kappa shape index (κ2) is 6.70. The molecule has 1 unspecified atom stereocenters. The third-order valence-electron chi connectivity index (χ3n) is 4.36. The molecule has 0 fully saturated rings. The molecule has 1 atom stereocenters. The van der Waals surface area contributed by atoms with Crippen molar-refractivity contribution < 1.29 is 13.6 Å². The Balaban J connectivity index is 1.80. The first-order chi connectivity index (χ1) is 12.3. The Hall–Kier alpha value is -3.03. The number of hydrogen-bond acceptors (Lipinski definition) is 3. The van der Waals surface area contributed by atoms with E-state index in [-0.39, 0.29) is 11.3 Å². The van der Waals surface area contributed by atoms with Gasteiger partial charge in [0.05, 0.1) is 17.4 Å². The quantitative estimate of drug-likeness (QED) is 0.751. The van der Waals surface area contributed by atoms with Crippen LogP contribution in [-0.4, -0.2) is 25.9 Å². The Morgan fingerprint density at radius 1 is 1.27 bits per heavy atom. The SMILES string of the molecule is Cc1nn(C)c(C)c1-c1cc(C(=O)NC(C)c2ccc(F)cc2F)[nH]n1. The zero-order valence-electron chi connectivity index (χ0n) is 14.9. The van der Waals surface area contributed by atoms with Crippen LogP contribution in [0.1, 0.15) is 40.4 Å². The second-order valence-electron chi connectivity index (χ2n) is 6.20. The Kier molecular flexibility index (Phi) is 4.58. The minimum atomic E-state index is -0.704. The molecular formula is C18H19F2N5O. The Morgan fingerprint density at radius 2 is 2.00 bits per heavy atom. The predicted octanol–water partition coefficient (Wildman–Crippen LogP) is 3.20. The minimum Gasteiger partial charge on any atom is -0.344 e. The van der Waals surface area contributed by atoms with Gasteiger partial charge in [-0.1, -0.05) is 6.07 Å². The molecule has 0 radical (unpaired) electrons. The number of aryl methyl sites for hydroxylation is 2. The third kappa shape index (κ3) is 3.22. The molecule has 6 nitrogen and oxygen atoms in total. The summed E-state index contributed by atoms with van der Waals surface area (Å²) >= 11 is 0. The van der Waals surface area contributed by atoms with Gasteiger partial charge in [0.2, 0.25) is 0 Å². The fraction of sp³-hybridized carbons (Fsp3) is 0.278. The maximum absolute atomic E-state index is 13.8. The van der Waals surface area contributed by atoms with Gasteiger partial charge in [0.25, 0.3) is 5.91 Å². The van der Waals surface area contributed by atoms with Crippen LogP contribution in [0.5, 0.6) is 0 Å². The van der Waals surface area contributed by atoms with E-state index in [0.29, 0.717) is 5.69 Å². The summed E-state index contributed by atoms with van der Waals surface area (Å²) in [6.07, 6.45) is 0. The van der Waals surface area contributed by atoms with Gasteiger partial charge in [0.15, 0.2) is 0 Å². The van der Waals surface area contributed by atoms with Crippen LogP contribution in [-0.2, 0) is 7.05 Å². The molecule has 1 aromatic carbocycles. The maximum atomic E-state index is 13.8. The van der Waals surface area contributed by atoms with Crippen molar-refractivity contribution in [3.63, 3.8) is 0 Å². The first-order valence-electron chi connectivity index (χ1n) is 8.09. The first-order valence-corrected chi connectivity index (χ1v) is 8.09. The van der Waals surface area contributed by atoms with E-state index in [1.807, 2.05) is 20.9 Å². The molecule has 2 aromatic heterocycles. The van der Waals surface area contributed by atoms with Crippen LogP contribution in [0.25, 0.3) is 11.3 Å². The molecule has 8 heteroatoms. The lowest BCUT2D eigenvalue weighted by atomic mass is 10.1. The first kappa shape index (κ1) is 17.8. The number of carbonyl (C=O) groups is 1. The number of nitrogens with zero attached hydrogens (tertiary/aromatic N) is 3. The summed E-state index contributed by atoms with van der Waals surface area (Å²) in [5.74, 6) is -1.80. The molecule has 0 bridgehead atoms. The van der Waals surface area contributed by atoms with E-state index in [9.17, 15) is 13.6 Å². The van der Waals surface area contributed by atoms with E-state index in [1.54, 1.807) is 17.7 Å². The van der Waals surface area contributed by atoms with Crippen LogP contribution in [0.3, 0.4) is 0 Å². The van der Waals surface area contributed by atoms with Crippen molar-refractivity contribution in [3.05, 3.63) is 58.5 Å². The standard InChI is InChI=1S/C18H19F2N5O/c1-9(13-6-5-12(19)7-14(13)20)21-18(26)16-8-15(22-23-16)17-10(2)24-25(4)11(17)3/h5-9H,1-4H3,(H,21,26)(H,22,23). The second-order valence-corrected chi connectivity index (χ2v) is 6.20. The number of rotatable bonds is 4. The van der Waals surface area contributed by atoms with Crippen molar-refractivity contribution in [1.82, 2.24) is 25.3 Å². The van der Waals surface area contributed by atoms with E-state index in [4.69, 9.17) is 0 Å².